The van der Waals surface area contributed by atoms with Crippen molar-refractivity contribution in [3.63, 3.8) is 0 Å². The van der Waals surface area contributed by atoms with Crippen molar-refractivity contribution in [3.05, 3.63) is 47.9 Å². The van der Waals surface area contributed by atoms with Gasteiger partial charge in [0.2, 0.25) is 11.7 Å². The molecule has 0 bridgehead atoms. The van der Waals surface area contributed by atoms with Crippen molar-refractivity contribution in [1.82, 2.24) is 29.8 Å². The Bertz CT molecular complexity index is 905. The Hall–Kier alpha value is -3.03. The molecule has 0 saturated carbocycles. The molecular weight excluding hydrogens is 344 g/mol. The Balaban J connectivity index is 1.33. The van der Waals surface area contributed by atoms with E-state index >= 15 is 0 Å². The molecule has 3 aromatic rings. The molecule has 0 N–H and O–H groups in total. The maximum atomic E-state index is 12.6. The molecule has 4 heterocycles. The van der Waals surface area contributed by atoms with E-state index in [0.717, 1.165) is 43.6 Å². The average molecular weight is 366 g/mol. The highest BCUT2D eigenvalue weighted by molar-refractivity contribution is 5.92. The van der Waals surface area contributed by atoms with E-state index in [1.807, 2.05) is 37.1 Å². The lowest BCUT2D eigenvalue weighted by Gasteiger charge is -2.30. The summed E-state index contributed by atoms with van der Waals surface area (Å²) in [5, 5.41) is 8.33. The predicted molar refractivity (Wildman–Crippen MR) is 97.8 cm³/mol. The molecule has 1 fully saturated rings. The molecular formula is C19H22N6O2. The minimum atomic E-state index is 0.00815. The van der Waals surface area contributed by atoms with Gasteiger partial charge in [0, 0.05) is 50.2 Å². The zero-order valence-electron chi connectivity index (χ0n) is 15.5. The summed E-state index contributed by atoms with van der Waals surface area (Å²) in [5.41, 5.74) is 2.35. The zero-order valence-corrected chi connectivity index (χ0v) is 15.5. The molecule has 0 spiro atoms. The van der Waals surface area contributed by atoms with Crippen LogP contribution in [0.1, 0.15) is 34.9 Å². The van der Waals surface area contributed by atoms with E-state index in [2.05, 4.69) is 20.2 Å². The Labute approximate surface area is 157 Å². The van der Waals surface area contributed by atoms with Crippen molar-refractivity contribution in [2.75, 3.05) is 13.1 Å². The SMILES string of the molecule is Cc1cc(C(=O)N2CCC(Cc3nc(-c4cccnc4)no3)CC2)nn1C. The minimum Gasteiger partial charge on any atom is -0.339 e. The van der Waals surface area contributed by atoms with Crippen LogP contribution in [0.15, 0.2) is 35.1 Å². The predicted octanol–water partition coefficient (Wildman–Crippen LogP) is 2.27. The third kappa shape index (κ3) is 3.74. The quantitative estimate of drug-likeness (QED) is 0.704. The highest BCUT2D eigenvalue weighted by atomic mass is 16.5. The highest BCUT2D eigenvalue weighted by Crippen LogP contribution is 2.23. The molecule has 0 radical (unpaired) electrons. The van der Waals surface area contributed by atoms with Gasteiger partial charge in [0.25, 0.3) is 5.91 Å². The number of carbonyl (C=O) groups excluding carboxylic acids is 1. The van der Waals surface area contributed by atoms with Crippen LogP contribution in [0.25, 0.3) is 11.4 Å². The van der Waals surface area contributed by atoms with Gasteiger partial charge in [-0.25, -0.2) is 0 Å². The monoisotopic (exact) mass is 366 g/mol. The molecule has 1 aliphatic heterocycles. The smallest absolute Gasteiger partial charge is 0.274 e. The zero-order chi connectivity index (χ0) is 18.8. The van der Waals surface area contributed by atoms with Crippen molar-refractivity contribution in [3.8, 4) is 11.4 Å². The van der Waals surface area contributed by atoms with Crippen molar-refractivity contribution in [2.24, 2.45) is 13.0 Å². The number of amides is 1. The van der Waals surface area contributed by atoms with Crippen molar-refractivity contribution in [1.29, 1.82) is 0 Å². The second-order valence-electron chi connectivity index (χ2n) is 6.99. The van der Waals surface area contributed by atoms with Crippen LogP contribution in [0.3, 0.4) is 0 Å². The molecule has 1 aliphatic rings. The first-order valence-corrected chi connectivity index (χ1v) is 9.13. The van der Waals surface area contributed by atoms with Crippen LogP contribution in [0.4, 0.5) is 0 Å². The van der Waals surface area contributed by atoms with Gasteiger partial charge in [-0.05, 0) is 43.9 Å². The van der Waals surface area contributed by atoms with Crippen LogP contribution in [0.2, 0.25) is 0 Å². The van der Waals surface area contributed by atoms with Crippen LogP contribution in [-0.2, 0) is 13.5 Å². The van der Waals surface area contributed by atoms with Crippen molar-refractivity contribution < 1.29 is 9.32 Å². The Morgan fingerprint density at radius 2 is 2.15 bits per heavy atom. The van der Waals surface area contributed by atoms with Gasteiger partial charge in [-0.1, -0.05) is 5.16 Å². The summed E-state index contributed by atoms with van der Waals surface area (Å²) >= 11 is 0. The number of likely N-dealkylation sites (tertiary alicyclic amines) is 1. The van der Waals surface area contributed by atoms with Crippen LogP contribution in [0, 0.1) is 12.8 Å². The van der Waals surface area contributed by atoms with Crippen LogP contribution in [0.5, 0.6) is 0 Å². The van der Waals surface area contributed by atoms with Crippen LogP contribution in [-0.4, -0.2) is 48.8 Å². The molecule has 3 aromatic heterocycles. The maximum absolute atomic E-state index is 12.6. The third-order valence-corrected chi connectivity index (χ3v) is 5.09. The summed E-state index contributed by atoms with van der Waals surface area (Å²) in [6.07, 6.45) is 6.01. The first kappa shape index (κ1) is 17.4. The van der Waals surface area contributed by atoms with Crippen LogP contribution < -0.4 is 0 Å². The number of nitrogens with zero attached hydrogens (tertiary/aromatic N) is 6. The second-order valence-corrected chi connectivity index (χ2v) is 6.99. The Kier molecular flexibility index (Phi) is 4.70. The van der Waals surface area contributed by atoms with E-state index in [-0.39, 0.29) is 5.91 Å². The number of aromatic nitrogens is 5. The van der Waals surface area contributed by atoms with Crippen LogP contribution >= 0.6 is 0 Å². The number of rotatable bonds is 4. The van der Waals surface area contributed by atoms with E-state index in [9.17, 15) is 4.79 Å². The number of hydrogen-bond acceptors (Lipinski definition) is 6. The van der Waals surface area contributed by atoms with Gasteiger partial charge < -0.3 is 9.42 Å². The summed E-state index contributed by atoms with van der Waals surface area (Å²) in [7, 11) is 1.85. The summed E-state index contributed by atoms with van der Waals surface area (Å²) in [6, 6.07) is 5.60. The summed E-state index contributed by atoms with van der Waals surface area (Å²) < 4.78 is 7.13. The van der Waals surface area contributed by atoms with Gasteiger partial charge in [-0.15, -0.1) is 0 Å². The molecule has 0 aromatic carbocycles. The average Bonchev–Trinajstić information content (AvgIpc) is 3.29. The lowest BCUT2D eigenvalue weighted by Crippen LogP contribution is -2.39. The summed E-state index contributed by atoms with van der Waals surface area (Å²) in [6.45, 7) is 3.39. The fourth-order valence-corrected chi connectivity index (χ4v) is 3.36. The van der Waals surface area contributed by atoms with E-state index in [1.54, 1.807) is 17.1 Å². The topological polar surface area (TPSA) is 89.9 Å². The largest absolute Gasteiger partial charge is 0.339 e. The number of aryl methyl sites for hydroxylation is 2. The minimum absolute atomic E-state index is 0.00815. The van der Waals surface area contributed by atoms with Crippen molar-refractivity contribution in [2.45, 2.75) is 26.2 Å². The molecule has 0 unspecified atom stereocenters. The Morgan fingerprint density at radius 3 is 2.81 bits per heavy atom. The fourth-order valence-electron chi connectivity index (χ4n) is 3.36. The van der Waals surface area contributed by atoms with E-state index in [1.165, 1.54) is 0 Å². The van der Waals surface area contributed by atoms with E-state index in [4.69, 9.17) is 4.52 Å². The van der Waals surface area contributed by atoms with E-state index < -0.39 is 0 Å². The standard InChI is InChI=1S/C19H22N6O2/c1-13-10-16(22-24(13)2)19(26)25-8-5-14(6-9-25)11-17-21-18(23-27-17)15-4-3-7-20-12-15/h3-4,7,10,12,14H,5-6,8-9,11H2,1-2H3. The fraction of sp³-hybridized carbons (Fsp3) is 0.421. The molecule has 0 aliphatic carbocycles. The van der Waals surface area contributed by atoms with E-state index in [0.29, 0.717) is 23.3 Å². The van der Waals surface area contributed by atoms with Gasteiger partial charge in [0.05, 0.1) is 0 Å². The number of carbonyl (C=O) groups is 1. The molecule has 1 saturated heterocycles. The van der Waals surface area contributed by atoms with Gasteiger partial charge >= 0.3 is 0 Å². The highest BCUT2D eigenvalue weighted by Gasteiger charge is 2.26. The molecule has 8 nitrogen and oxygen atoms in total. The van der Waals surface area contributed by atoms with Gasteiger partial charge in [0.1, 0.15) is 0 Å². The first-order valence-electron chi connectivity index (χ1n) is 9.13. The molecule has 8 heteroatoms. The van der Waals surface area contributed by atoms with Gasteiger partial charge in [-0.3, -0.25) is 14.5 Å². The third-order valence-electron chi connectivity index (χ3n) is 5.09. The molecule has 140 valence electrons. The maximum Gasteiger partial charge on any atom is 0.274 e. The van der Waals surface area contributed by atoms with Gasteiger partial charge in [-0.2, -0.15) is 10.1 Å². The van der Waals surface area contributed by atoms with Crippen molar-refractivity contribution >= 4 is 5.91 Å². The lowest BCUT2D eigenvalue weighted by atomic mass is 9.93. The summed E-state index contributed by atoms with van der Waals surface area (Å²) in [4.78, 5) is 23.0. The normalized spacial score (nSPS) is 15.3. The molecule has 0 atom stereocenters. The Morgan fingerprint density at radius 1 is 1.33 bits per heavy atom. The first-order chi connectivity index (χ1) is 13.1. The number of pyridine rings is 1. The molecule has 1 amide bonds. The summed E-state index contributed by atoms with van der Waals surface area (Å²) in [5.74, 6) is 1.64. The lowest BCUT2D eigenvalue weighted by molar-refractivity contribution is 0.0680. The number of piperidine rings is 1. The molecule has 27 heavy (non-hydrogen) atoms. The molecule has 4 rings (SSSR count). The number of hydrogen-bond donors (Lipinski definition) is 0. The van der Waals surface area contributed by atoms with Gasteiger partial charge in [0.15, 0.2) is 5.69 Å². The second kappa shape index (κ2) is 7.30.